The quantitative estimate of drug-likeness (QED) is 0.203. The van der Waals surface area contributed by atoms with Gasteiger partial charge in [-0.15, -0.1) is 0 Å². The number of nitrogens with one attached hydrogen (secondary N) is 1. The van der Waals surface area contributed by atoms with Gasteiger partial charge in [0.2, 0.25) is 0 Å². The third-order valence-corrected chi connectivity index (χ3v) is 5.09. The Balaban J connectivity index is 2.37. The second-order valence-electron chi connectivity index (χ2n) is 7.72. The molecule has 9 heteroatoms. The molecule has 0 amide bonds. The summed E-state index contributed by atoms with van der Waals surface area (Å²) < 4.78 is 5.48. The van der Waals surface area contributed by atoms with Crippen molar-refractivity contribution < 1.29 is 9.66 Å². The van der Waals surface area contributed by atoms with Crippen LogP contribution in [0, 0.1) is 16.0 Å². The van der Waals surface area contributed by atoms with Crippen LogP contribution in [0.4, 0.5) is 11.4 Å². The highest BCUT2D eigenvalue weighted by Gasteiger charge is 2.28. The number of hydrazone groups is 1. The standard InChI is InChI=1S/C19H32N6O3/c1-13(2)12-24(16-6-8-28-9-7-16)17-5-4-15(11-18(17)25(26)27)14(3)10-19(22-20)23-21/h4-5,11,13-14,16H,6-10,12,20-21H2,1-3H3,(H,22,23). The lowest BCUT2D eigenvalue weighted by atomic mass is 9.95. The average molecular weight is 393 g/mol. The molecule has 5 N–H and O–H groups in total. The molecule has 1 aromatic carbocycles. The van der Waals surface area contributed by atoms with Crippen LogP contribution in [0.15, 0.2) is 23.3 Å². The number of hydrazine groups is 1. The van der Waals surface area contributed by atoms with Crippen molar-refractivity contribution in [2.45, 2.75) is 52.0 Å². The summed E-state index contributed by atoms with van der Waals surface area (Å²) in [6.07, 6.45) is 2.22. The first-order valence-electron chi connectivity index (χ1n) is 9.73. The molecule has 1 aliphatic rings. The molecule has 0 aromatic heterocycles. The normalized spacial score (nSPS) is 16.8. The van der Waals surface area contributed by atoms with E-state index < -0.39 is 0 Å². The van der Waals surface area contributed by atoms with Gasteiger partial charge in [-0.1, -0.05) is 26.8 Å². The van der Waals surface area contributed by atoms with Crippen LogP contribution >= 0.6 is 0 Å². The second-order valence-corrected chi connectivity index (χ2v) is 7.72. The molecule has 0 radical (unpaired) electrons. The molecule has 1 heterocycles. The van der Waals surface area contributed by atoms with E-state index in [-0.39, 0.29) is 22.6 Å². The number of amidine groups is 1. The summed E-state index contributed by atoms with van der Waals surface area (Å²) in [5.74, 6) is 11.5. The smallest absolute Gasteiger partial charge is 0.292 e. The maximum Gasteiger partial charge on any atom is 0.292 e. The minimum absolute atomic E-state index is 0.0206. The third-order valence-electron chi connectivity index (χ3n) is 5.09. The molecule has 9 nitrogen and oxygen atoms in total. The molecule has 0 aliphatic carbocycles. The number of nitro groups is 1. The number of ether oxygens (including phenoxy) is 1. The van der Waals surface area contributed by atoms with E-state index in [1.54, 1.807) is 6.07 Å². The Morgan fingerprint density at radius 2 is 2.07 bits per heavy atom. The third kappa shape index (κ3) is 5.56. The number of nitrogens with two attached hydrogens (primary N) is 2. The second kappa shape index (κ2) is 10.2. The van der Waals surface area contributed by atoms with Gasteiger partial charge in [-0.05, 0) is 36.3 Å². The van der Waals surface area contributed by atoms with Gasteiger partial charge in [0.05, 0.1) is 4.92 Å². The van der Waals surface area contributed by atoms with Crippen LogP contribution in [0.3, 0.4) is 0 Å². The van der Waals surface area contributed by atoms with E-state index in [1.807, 2.05) is 19.1 Å². The molecule has 1 saturated heterocycles. The summed E-state index contributed by atoms with van der Waals surface area (Å²) in [5.41, 5.74) is 4.11. The minimum Gasteiger partial charge on any atom is -0.381 e. The van der Waals surface area contributed by atoms with Gasteiger partial charge in [0.1, 0.15) is 11.5 Å². The fraction of sp³-hybridized carbons (Fsp3) is 0.632. The van der Waals surface area contributed by atoms with Gasteiger partial charge in [0.25, 0.3) is 5.69 Å². The minimum atomic E-state index is -0.294. The Morgan fingerprint density at radius 3 is 2.61 bits per heavy atom. The first-order chi connectivity index (χ1) is 13.4. The molecular weight excluding hydrogens is 360 g/mol. The monoisotopic (exact) mass is 392 g/mol. The van der Waals surface area contributed by atoms with Crippen molar-refractivity contribution in [3.63, 3.8) is 0 Å². The predicted molar refractivity (Wildman–Crippen MR) is 111 cm³/mol. The topological polar surface area (TPSA) is 132 Å². The van der Waals surface area contributed by atoms with Crippen molar-refractivity contribution in [3.05, 3.63) is 33.9 Å². The van der Waals surface area contributed by atoms with Crippen LogP contribution in [0.5, 0.6) is 0 Å². The van der Waals surface area contributed by atoms with Crippen LogP contribution in [-0.4, -0.2) is 36.6 Å². The molecule has 1 aromatic rings. The number of nitro benzene ring substituents is 1. The van der Waals surface area contributed by atoms with E-state index in [0.717, 1.165) is 24.9 Å². The Hall–Kier alpha value is -2.39. The summed E-state index contributed by atoms with van der Waals surface area (Å²) in [6, 6.07) is 5.73. The number of rotatable bonds is 8. The first-order valence-corrected chi connectivity index (χ1v) is 9.73. The summed E-state index contributed by atoms with van der Waals surface area (Å²) >= 11 is 0. The molecule has 0 saturated carbocycles. The van der Waals surface area contributed by atoms with E-state index in [2.05, 4.69) is 29.3 Å². The summed E-state index contributed by atoms with van der Waals surface area (Å²) in [5, 5.41) is 15.5. The van der Waals surface area contributed by atoms with Gasteiger partial charge in [-0.25, -0.2) is 5.84 Å². The van der Waals surface area contributed by atoms with Crippen LogP contribution < -0.4 is 22.0 Å². The zero-order valence-corrected chi connectivity index (χ0v) is 16.9. The van der Waals surface area contributed by atoms with Gasteiger partial charge >= 0.3 is 0 Å². The van der Waals surface area contributed by atoms with E-state index >= 15 is 0 Å². The Kier molecular flexibility index (Phi) is 8.01. The zero-order valence-electron chi connectivity index (χ0n) is 16.9. The number of anilines is 1. The first kappa shape index (κ1) is 21.9. The van der Waals surface area contributed by atoms with Gasteiger partial charge in [0.15, 0.2) is 0 Å². The SMILES string of the molecule is CC(C)CN(c1ccc(C(C)C/C(=N/N)NN)cc1[N+](=O)[O-])C1CCOCC1. The molecule has 1 aliphatic heterocycles. The fourth-order valence-electron chi connectivity index (χ4n) is 3.63. The maximum absolute atomic E-state index is 11.9. The molecule has 156 valence electrons. The van der Waals surface area contributed by atoms with Crippen molar-refractivity contribution in [1.29, 1.82) is 0 Å². The highest BCUT2D eigenvalue weighted by atomic mass is 16.6. The fourth-order valence-corrected chi connectivity index (χ4v) is 3.63. The van der Waals surface area contributed by atoms with Crippen molar-refractivity contribution in [2.75, 3.05) is 24.7 Å². The highest BCUT2D eigenvalue weighted by Crippen LogP contribution is 2.35. The molecule has 1 atom stereocenters. The van der Waals surface area contributed by atoms with Crippen molar-refractivity contribution >= 4 is 17.2 Å². The molecule has 1 unspecified atom stereocenters. The summed E-state index contributed by atoms with van der Waals surface area (Å²) in [7, 11) is 0. The Morgan fingerprint density at radius 1 is 1.39 bits per heavy atom. The summed E-state index contributed by atoms with van der Waals surface area (Å²) in [6.45, 7) is 8.36. The molecular formula is C19H32N6O3. The number of benzene rings is 1. The van der Waals surface area contributed by atoms with Crippen LogP contribution in [0.2, 0.25) is 0 Å². The van der Waals surface area contributed by atoms with E-state index in [0.29, 0.717) is 37.1 Å². The number of hydrogen-bond acceptors (Lipinski definition) is 7. The lowest BCUT2D eigenvalue weighted by molar-refractivity contribution is -0.384. The van der Waals surface area contributed by atoms with Crippen LogP contribution in [-0.2, 0) is 4.74 Å². The van der Waals surface area contributed by atoms with Gasteiger partial charge in [0, 0.05) is 38.3 Å². The van der Waals surface area contributed by atoms with E-state index in [1.165, 1.54) is 0 Å². The zero-order chi connectivity index (χ0) is 20.7. The lowest BCUT2D eigenvalue weighted by Gasteiger charge is -2.37. The van der Waals surface area contributed by atoms with E-state index in [9.17, 15) is 10.1 Å². The number of hydrogen-bond donors (Lipinski definition) is 3. The lowest BCUT2D eigenvalue weighted by Crippen LogP contribution is -2.42. The molecule has 1 fully saturated rings. The van der Waals surface area contributed by atoms with Crippen molar-refractivity contribution in [1.82, 2.24) is 5.43 Å². The highest BCUT2D eigenvalue weighted by molar-refractivity contribution is 5.82. The molecule has 0 bridgehead atoms. The largest absolute Gasteiger partial charge is 0.381 e. The van der Waals surface area contributed by atoms with Crippen molar-refractivity contribution in [3.8, 4) is 0 Å². The van der Waals surface area contributed by atoms with Crippen LogP contribution in [0.25, 0.3) is 0 Å². The molecule has 0 spiro atoms. The molecule has 28 heavy (non-hydrogen) atoms. The maximum atomic E-state index is 11.9. The van der Waals surface area contributed by atoms with Gasteiger partial charge in [-0.3, -0.25) is 10.1 Å². The van der Waals surface area contributed by atoms with E-state index in [4.69, 9.17) is 16.4 Å². The summed E-state index contributed by atoms with van der Waals surface area (Å²) in [4.78, 5) is 13.8. The van der Waals surface area contributed by atoms with Crippen molar-refractivity contribution in [2.24, 2.45) is 22.7 Å². The van der Waals surface area contributed by atoms with Gasteiger partial charge in [-0.2, -0.15) is 5.10 Å². The van der Waals surface area contributed by atoms with Crippen LogP contribution in [0.1, 0.15) is 51.5 Å². The van der Waals surface area contributed by atoms with Gasteiger partial charge < -0.3 is 20.9 Å². The Bertz CT molecular complexity index is 688. The predicted octanol–water partition coefficient (Wildman–Crippen LogP) is 2.47. The average Bonchev–Trinajstić information content (AvgIpc) is 2.70. The Labute approximate surface area is 166 Å². The number of nitrogens with zero attached hydrogens (tertiary/aromatic N) is 3. The molecule has 2 rings (SSSR count).